The summed E-state index contributed by atoms with van der Waals surface area (Å²) in [5.41, 5.74) is 1.52. The van der Waals surface area contributed by atoms with Gasteiger partial charge in [-0.25, -0.2) is 0 Å². The topological polar surface area (TPSA) is 51.9 Å². The monoisotopic (exact) mass is 314 g/mol. The average molecular weight is 315 g/mol. The molecule has 112 valence electrons. The smallest absolute Gasteiger partial charge is 0.256 e. The highest BCUT2D eigenvalue weighted by molar-refractivity contribution is 6.30. The van der Waals surface area contributed by atoms with Gasteiger partial charge in [-0.2, -0.15) is 5.10 Å². The lowest BCUT2D eigenvalue weighted by Gasteiger charge is -2.08. The third-order valence-electron chi connectivity index (χ3n) is 3.37. The van der Waals surface area contributed by atoms with Crippen molar-refractivity contribution in [3.63, 3.8) is 0 Å². The molecule has 0 spiro atoms. The van der Waals surface area contributed by atoms with Crippen LogP contribution in [0.2, 0.25) is 5.02 Å². The molecule has 1 aromatic carbocycles. The van der Waals surface area contributed by atoms with E-state index in [1.54, 1.807) is 23.0 Å². The Balaban J connectivity index is 1.77. The Bertz CT molecular complexity index is 775. The number of hydrogen-bond acceptors (Lipinski definition) is 2. The van der Waals surface area contributed by atoms with Gasteiger partial charge < -0.3 is 9.88 Å². The van der Waals surface area contributed by atoms with Gasteiger partial charge in [0.1, 0.15) is 11.4 Å². The van der Waals surface area contributed by atoms with E-state index < -0.39 is 0 Å². The van der Waals surface area contributed by atoms with E-state index in [2.05, 4.69) is 10.4 Å². The predicted molar refractivity (Wildman–Crippen MR) is 85.2 cm³/mol. The molecule has 3 aromatic rings. The van der Waals surface area contributed by atoms with Crippen LogP contribution >= 0.6 is 11.6 Å². The highest BCUT2D eigenvalue weighted by Gasteiger charge is 2.16. The van der Waals surface area contributed by atoms with Crippen LogP contribution in [0.15, 0.2) is 55.0 Å². The van der Waals surface area contributed by atoms with Gasteiger partial charge in [0.25, 0.3) is 5.91 Å². The zero-order valence-electron chi connectivity index (χ0n) is 12.0. The summed E-state index contributed by atoms with van der Waals surface area (Å²) in [6, 6.07) is 11.2. The average Bonchev–Trinajstić information content (AvgIpc) is 3.15. The molecule has 0 aliphatic rings. The minimum absolute atomic E-state index is 0.160. The highest BCUT2D eigenvalue weighted by Crippen LogP contribution is 2.14. The molecule has 0 radical (unpaired) electrons. The van der Waals surface area contributed by atoms with Gasteiger partial charge in [-0.1, -0.05) is 23.7 Å². The van der Waals surface area contributed by atoms with Crippen molar-refractivity contribution in [1.82, 2.24) is 19.7 Å². The number of nitrogens with one attached hydrogen (secondary N) is 1. The molecule has 0 atom stereocenters. The van der Waals surface area contributed by atoms with E-state index >= 15 is 0 Å². The molecule has 2 heterocycles. The van der Waals surface area contributed by atoms with E-state index in [0.717, 1.165) is 11.4 Å². The van der Waals surface area contributed by atoms with Gasteiger partial charge in [-0.15, -0.1) is 0 Å². The fourth-order valence-electron chi connectivity index (χ4n) is 2.25. The Hall–Kier alpha value is -2.53. The van der Waals surface area contributed by atoms with Crippen molar-refractivity contribution in [3.05, 3.63) is 71.1 Å². The van der Waals surface area contributed by atoms with Crippen molar-refractivity contribution in [2.75, 3.05) is 0 Å². The van der Waals surface area contributed by atoms with E-state index in [9.17, 15) is 4.79 Å². The van der Waals surface area contributed by atoms with Crippen LogP contribution in [0.3, 0.4) is 0 Å². The summed E-state index contributed by atoms with van der Waals surface area (Å²) in [5, 5.41) is 7.76. The number of rotatable bonds is 4. The second-order valence-corrected chi connectivity index (χ2v) is 5.34. The summed E-state index contributed by atoms with van der Waals surface area (Å²) in [7, 11) is 1.81. The van der Waals surface area contributed by atoms with Crippen molar-refractivity contribution >= 4 is 17.5 Å². The summed E-state index contributed by atoms with van der Waals surface area (Å²) >= 11 is 5.85. The zero-order chi connectivity index (χ0) is 15.5. The Morgan fingerprint density at radius 1 is 1.23 bits per heavy atom. The minimum Gasteiger partial charge on any atom is -0.348 e. The Kier molecular flexibility index (Phi) is 3.98. The lowest BCUT2D eigenvalue weighted by molar-refractivity contribution is 0.0951. The minimum atomic E-state index is -0.160. The third-order valence-corrected chi connectivity index (χ3v) is 3.62. The third kappa shape index (κ3) is 2.89. The van der Waals surface area contributed by atoms with Gasteiger partial charge in [0.15, 0.2) is 0 Å². The van der Waals surface area contributed by atoms with Gasteiger partial charge >= 0.3 is 0 Å². The van der Waals surface area contributed by atoms with Crippen LogP contribution in [-0.4, -0.2) is 20.3 Å². The molecule has 0 bridgehead atoms. The number of aromatic nitrogens is 3. The van der Waals surface area contributed by atoms with Crippen molar-refractivity contribution in [2.24, 2.45) is 7.05 Å². The Labute approximate surface area is 133 Å². The maximum atomic E-state index is 12.4. The summed E-state index contributed by atoms with van der Waals surface area (Å²) in [6.45, 7) is 0.440. The first-order valence-electron chi connectivity index (χ1n) is 6.83. The molecule has 1 N–H and O–H groups in total. The first-order chi connectivity index (χ1) is 10.6. The second-order valence-electron chi connectivity index (χ2n) is 4.90. The Morgan fingerprint density at radius 2 is 1.91 bits per heavy atom. The predicted octanol–water partition coefficient (Wildman–Crippen LogP) is 2.79. The van der Waals surface area contributed by atoms with Crippen LogP contribution < -0.4 is 5.32 Å². The summed E-state index contributed by atoms with van der Waals surface area (Å²) < 4.78 is 3.54. The number of halogens is 1. The molecule has 0 aliphatic carbocycles. The van der Waals surface area contributed by atoms with E-state index in [0.29, 0.717) is 17.1 Å². The molecule has 1 amide bonds. The fraction of sp³-hybridized carbons (Fsp3) is 0.125. The molecular formula is C16H15ClN4O. The number of hydrogen-bond donors (Lipinski definition) is 1. The molecule has 0 unspecified atom stereocenters. The number of aryl methyl sites for hydroxylation is 1. The molecule has 0 aliphatic heterocycles. The number of carbonyl (C=O) groups is 1. The zero-order valence-corrected chi connectivity index (χ0v) is 12.8. The van der Waals surface area contributed by atoms with Gasteiger partial charge in [0, 0.05) is 31.0 Å². The van der Waals surface area contributed by atoms with E-state index in [4.69, 9.17) is 11.6 Å². The molecule has 0 saturated carbocycles. The number of nitrogens with zero attached hydrogens (tertiary/aromatic N) is 3. The molecule has 0 fully saturated rings. The van der Waals surface area contributed by atoms with Gasteiger partial charge in [-0.3, -0.25) is 9.48 Å². The van der Waals surface area contributed by atoms with E-state index in [-0.39, 0.29) is 5.91 Å². The summed E-state index contributed by atoms with van der Waals surface area (Å²) in [6.07, 6.45) is 5.34. The van der Waals surface area contributed by atoms with Crippen molar-refractivity contribution in [2.45, 2.75) is 6.54 Å². The van der Waals surface area contributed by atoms with Crippen LogP contribution in [0.4, 0.5) is 0 Å². The SMILES string of the molecule is Cn1ncc(C(=O)NCc2ccc(Cl)cc2)c1-n1cccc1. The second kappa shape index (κ2) is 6.07. The molecule has 0 saturated heterocycles. The summed E-state index contributed by atoms with van der Waals surface area (Å²) in [4.78, 5) is 12.4. The van der Waals surface area contributed by atoms with Crippen LogP contribution in [0.5, 0.6) is 0 Å². The maximum Gasteiger partial charge on any atom is 0.256 e. The van der Waals surface area contributed by atoms with Crippen LogP contribution in [0, 0.1) is 0 Å². The Morgan fingerprint density at radius 3 is 2.59 bits per heavy atom. The standard InChI is InChI=1S/C16H15ClN4O/c1-20-16(21-8-2-3-9-21)14(11-19-20)15(22)18-10-12-4-6-13(17)7-5-12/h2-9,11H,10H2,1H3,(H,18,22). The largest absolute Gasteiger partial charge is 0.348 e. The van der Waals surface area contributed by atoms with Crippen molar-refractivity contribution in [1.29, 1.82) is 0 Å². The van der Waals surface area contributed by atoms with Gasteiger partial charge in [0.2, 0.25) is 0 Å². The first-order valence-corrected chi connectivity index (χ1v) is 7.21. The number of amides is 1. The van der Waals surface area contributed by atoms with E-state index in [1.807, 2.05) is 48.3 Å². The molecule has 2 aromatic heterocycles. The van der Waals surface area contributed by atoms with Gasteiger partial charge in [0.05, 0.1) is 6.20 Å². The summed E-state index contributed by atoms with van der Waals surface area (Å²) in [5.74, 6) is 0.574. The fourth-order valence-corrected chi connectivity index (χ4v) is 2.38. The first kappa shape index (κ1) is 14.4. The highest BCUT2D eigenvalue weighted by atomic mass is 35.5. The number of carbonyl (C=O) groups excluding carboxylic acids is 1. The van der Waals surface area contributed by atoms with Crippen LogP contribution in [0.25, 0.3) is 5.82 Å². The quantitative estimate of drug-likeness (QED) is 0.805. The lowest BCUT2D eigenvalue weighted by atomic mass is 10.2. The van der Waals surface area contributed by atoms with Crippen molar-refractivity contribution < 1.29 is 4.79 Å². The number of benzene rings is 1. The lowest BCUT2D eigenvalue weighted by Crippen LogP contribution is -2.24. The molecular weight excluding hydrogens is 300 g/mol. The molecule has 22 heavy (non-hydrogen) atoms. The molecule has 5 nitrogen and oxygen atoms in total. The van der Waals surface area contributed by atoms with Crippen molar-refractivity contribution in [3.8, 4) is 5.82 Å². The van der Waals surface area contributed by atoms with E-state index in [1.165, 1.54) is 0 Å². The van der Waals surface area contributed by atoms with Gasteiger partial charge in [-0.05, 0) is 29.8 Å². The van der Waals surface area contributed by atoms with Crippen LogP contribution in [-0.2, 0) is 13.6 Å². The van der Waals surface area contributed by atoms with Crippen LogP contribution in [0.1, 0.15) is 15.9 Å². The molecule has 3 rings (SSSR count). The normalized spacial score (nSPS) is 10.6. The maximum absolute atomic E-state index is 12.4. The molecule has 6 heteroatoms.